The minimum absolute atomic E-state index is 0.110. The summed E-state index contributed by atoms with van der Waals surface area (Å²) in [6, 6.07) is 11.2. The van der Waals surface area contributed by atoms with Crippen molar-refractivity contribution in [1.82, 2.24) is 4.57 Å². The molecule has 0 amide bonds. The number of rotatable bonds is 6. The Bertz CT molecular complexity index is 813. The van der Waals surface area contributed by atoms with E-state index in [0.29, 0.717) is 0 Å². The Kier molecular flexibility index (Phi) is 5.96. The molecule has 0 saturated carbocycles. The van der Waals surface area contributed by atoms with Crippen molar-refractivity contribution in [3.8, 4) is 11.4 Å². The summed E-state index contributed by atoms with van der Waals surface area (Å²) < 4.78 is 1.88. The van der Waals surface area contributed by atoms with Gasteiger partial charge in [0.15, 0.2) is 5.75 Å². The molecule has 1 aromatic carbocycles. The van der Waals surface area contributed by atoms with Crippen molar-refractivity contribution in [1.29, 1.82) is 0 Å². The zero-order valence-electron chi connectivity index (χ0n) is 14.1. The number of hydrogen-bond acceptors (Lipinski definition) is 2. The Morgan fingerprint density at radius 3 is 2.67 bits per heavy atom. The predicted octanol–water partition coefficient (Wildman–Crippen LogP) is 4.73. The fraction of sp³-hybridized carbons (Fsp3) is 0.190. The molecular formula is C21H23NO2. The fourth-order valence-electron chi connectivity index (χ4n) is 2.66. The molecule has 24 heavy (non-hydrogen) atoms. The van der Waals surface area contributed by atoms with E-state index in [1.54, 1.807) is 6.08 Å². The van der Waals surface area contributed by atoms with Crippen molar-refractivity contribution >= 4 is 0 Å². The molecule has 1 heterocycles. The van der Waals surface area contributed by atoms with Gasteiger partial charge < -0.3 is 9.67 Å². The number of para-hydroxylation sites is 1. The molecule has 1 aromatic heterocycles. The summed E-state index contributed by atoms with van der Waals surface area (Å²) in [6.07, 6.45) is 10.0. The summed E-state index contributed by atoms with van der Waals surface area (Å²) >= 11 is 0. The summed E-state index contributed by atoms with van der Waals surface area (Å²) in [4.78, 5) is 11.9. The van der Waals surface area contributed by atoms with Gasteiger partial charge in [-0.25, -0.2) is 0 Å². The molecule has 0 radical (unpaired) electrons. The van der Waals surface area contributed by atoms with Gasteiger partial charge in [-0.15, -0.1) is 0 Å². The van der Waals surface area contributed by atoms with Crippen LogP contribution in [0.1, 0.15) is 31.9 Å². The molecule has 0 bridgehead atoms. The molecule has 3 nitrogen and oxygen atoms in total. The van der Waals surface area contributed by atoms with Gasteiger partial charge in [0.1, 0.15) is 0 Å². The normalized spacial score (nSPS) is 13.2. The van der Waals surface area contributed by atoms with E-state index in [4.69, 9.17) is 0 Å². The third-order valence-electron chi connectivity index (χ3n) is 3.96. The smallest absolute Gasteiger partial charge is 0.223 e. The van der Waals surface area contributed by atoms with E-state index >= 15 is 0 Å². The van der Waals surface area contributed by atoms with Gasteiger partial charge in [0.25, 0.3) is 0 Å². The Morgan fingerprint density at radius 2 is 2.04 bits per heavy atom. The summed E-state index contributed by atoms with van der Waals surface area (Å²) in [6.45, 7) is 7.77. The second kappa shape index (κ2) is 8.16. The molecular weight excluding hydrogens is 298 g/mol. The average Bonchev–Trinajstić information content (AvgIpc) is 2.61. The van der Waals surface area contributed by atoms with Crippen LogP contribution in [0.2, 0.25) is 0 Å². The van der Waals surface area contributed by atoms with Crippen LogP contribution in [-0.4, -0.2) is 9.67 Å². The van der Waals surface area contributed by atoms with E-state index in [-0.39, 0.29) is 17.1 Å². The minimum Gasteiger partial charge on any atom is -0.503 e. The molecule has 1 unspecified atom stereocenters. The molecule has 124 valence electrons. The van der Waals surface area contributed by atoms with Gasteiger partial charge in [-0.05, 0) is 25.5 Å². The lowest BCUT2D eigenvalue weighted by Crippen LogP contribution is -2.13. The van der Waals surface area contributed by atoms with E-state index in [2.05, 4.69) is 19.6 Å². The number of hydrogen-bond donors (Lipinski definition) is 1. The lowest BCUT2D eigenvalue weighted by atomic mass is 9.96. The van der Waals surface area contributed by atoms with Crippen LogP contribution in [0.3, 0.4) is 0 Å². The van der Waals surface area contributed by atoms with E-state index in [1.165, 1.54) is 17.8 Å². The Balaban J connectivity index is 2.45. The number of aromatic nitrogens is 1. The van der Waals surface area contributed by atoms with E-state index in [1.807, 2.05) is 54.0 Å². The first-order chi connectivity index (χ1) is 11.6. The van der Waals surface area contributed by atoms with E-state index in [0.717, 1.165) is 17.8 Å². The first-order valence-electron chi connectivity index (χ1n) is 8.02. The van der Waals surface area contributed by atoms with Crippen molar-refractivity contribution in [3.05, 3.63) is 95.0 Å². The number of allylic oxidation sites excluding steroid dienone is 5. The standard InChI is InChI=1S/C21H23NO2/c1-4-6-10-17(5-2)13-16(3)19-14-20(23)21(24)15-22(19)18-11-8-7-9-12-18/h4-12,14-16,24H,1,13H2,2-3H3/b10-6-,17-5+. The quantitative estimate of drug-likeness (QED) is 0.782. The first kappa shape index (κ1) is 17.5. The number of nitrogens with zero attached hydrogens (tertiary/aromatic N) is 1. The lowest BCUT2D eigenvalue weighted by Gasteiger charge is -2.20. The Hall–Kier alpha value is -2.81. The molecule has 2 aromatic rings. The fourth-order valence-corrected chi connectivity index (χ4v) is 2.66. The second-order valence-electron chi connectivity index (χ2n) is 5.72. The largest absolute Gasteiger partial charge is 0.503 e. The van der Waals surface area contributed by atoms with Crippen molar-refractivity contribution in [2.24, 2.45) is 0 Å². The highest BCUT2D eigenvalue weighted by Gasteiger charge is 2.14. The molecule has 0 aliphatic heterocycles. The van der Waals surface area contributed by atoms with Crippen LogP contribution in [0.15, 0.2) is 83.8 Å². The van der Waals surface area contributed by atoms with Gasteiger partial charge >= 0.3 is 0 Å². The second-order valence-corrected chi connectivity index (χ2v) is 5.72. The molecule has 0 fully saturated rings. The monoisotopic (exact) mass is 321 g/mol. The van der Waals surface area contributed by atoms with Crippen LogP contribution < -0.4 is 5.43 Å². The highest BCUT2D eigenvalue weighted by atomic mass is 16.3. The molecule has 1 atom stereocenters. The van der Waals surface area contributed by atoms with Gasteiger partial charge in [0, 0.05) is 23.4 Å². The molecule has 0 aliphatic carbocycles. The van der Waals surface area contributed by atoms with Crippen LogP contribution in [0.4, 0.5) is 0 Å². The molecule has 3 heteroatoms. The van der Waals surface area contributed by atoms with E-state index in [9.17, 15) is 9.90 Å². The van der Waals surface area contributed by atoms with Crippen LogP contribution in [-0.2, 0) is 0 Å². The zero-order valence-corrected chi connectivity index (χ0v) is 14.1. The van der Waals surface area contributed by atoms with Gasteiger partial charge in [-0.2, -0.15) is 0 Å². The maximum atomic E-state index is 11.9. The van der Waals surface area contributed by atoms with E-state index < -0.39 is 0 Å². The minimum atomic E-state index is -0.354. The molecule has 1 N–H and O–H groups in total. The maximum absolute atomic E-state index is 11.9. The van der Waals surface area contributed by atoms with Crippen LogP contribution in [0.5, 0.6) is 5.75 Å². The highest BCUT2D eigenvalue weighted by Crippen LogP contribution is 2.26. The summed E-state index contributed by atoms with van der Waals surface area (Å²) in [7, 11) is 0. The topological polar surface area (TPSA) is 42.2 Å². The number of aromatic hydroxyl groups is 1. The summed E-state index contributed by atoms with van der Waals surface area (Å²) in [5, 5.41) is 9.84. The average molecular weight is 321 g/mol. The van der Waals surface area contributed by atoms with Gasteiger partial charge in [-0.3, -0.25) is 4.79 Å². The van der Waals surface area contributed by atoms with Crippen LogP contribution in [0.25, 0.3) is 5.69 Å². The molecule has 0 aliphatic rings. The Labute approximate surface area is 142 Å². The predicted molar refractivity (Wildman–Crippen MR) is 99.8 cm³/mol. The molecule has 2 rings (SSSR count). The van der Waals surface area contributed by atoms with Crippen molar-refractivity contribution < 1.29 is 5.11 Å². The van der Waals surface area contributed by atoms with Gasteiger partial charge in [-0.1, -0.05) is 61.6 Å². The van der Waals surface area contributed by atoms with Gasteiger partial charge in [0.05, 0.1) is 6.20 Å². The maximum Gasteiger partial charge on any atom is 0.223 e. The van der Waals surface area contributed by atoms with Crippen molar-refractivity contribution in [2.45, 2.75) is 26.2 Å². The molecule has 0 saturated heterocycles. The number of pyridine rings is 1. The third kappa shape index (κ3) is 4.13. The van der Waals surface area contributed by atoms with Crippen LogP contribution in [0, 0.1) is 0 Å². The SMILES string of the molecule is C=C/C=C\C(=C/C)CC(C)c1cc(=O)c(O)cn1-c1ccccc1. The number of benzene rings is 1. The lowest BCUT2D eigenvalue weighted by molar-refractivity contribution is 0.463. The summed E-state index contributed by atoms with van der Waals surface area (Å²) in [5.41, 5.74) is 2.60. The first-order valence-corrected chi connectivity index (χ1v) is 8.02. The Morgan fingerprint density at radius 1 is 1.33 bits per heavy atom. The van der Waals surface area contributed by atoms with Crippen molar-refractivity contribution in [2.75, 3.05) is 0 Å². The van der Waals surface area contributed by atoms with Crippen molar-refractivity contribution in [3.63, 3.8) is 0 Å². The van der Waals surface area contributed by atoms with Crippen LogP contribution >= 0.6 is 0 Å². The highest BCUT2D eigenvalue weighted by molar-refractivity contribution is 5.38. The summed E-state index contributed by atoms with van der Waals surface area (Å²) in [5.74, 6) is -0.133. The third-order valence-corrected chi connectivity index (χ3v) is 3.96. The van der Waals surface area contributed by atoms with Gasteiger partial charge in [0.2, 0.25) is 5.43 Å². The molecule has 0 spiro atoms. The zero-order chi connectivity index (χ0) is 17.5.